The lowest BCUT2D eigenvalue weighted by Gasteiger charge is -2.29. The highest BCUT2D eigenvalue weighted by Gasteiger charge is 2.26. The fourth-order valence-corrected chi connectivity index (χ4v) is 1.35. The fraction of sp³-hybridized carbons (Fsp3) is 0.600. The third-order valence-electron chi connectivity index (χ3n) is 2.04. The van der Waals surface area contributed by atoms with Crippen molar-refractivity contribution in [3.8, 4) is 0 Å². The van der Waals surface area contributed by atoms with Crippen LogP contribution in [-0.2, 0) is 0 Å². The molecule has 0 heterocycles. The molecule has 1 rings (SSSR count). The lowest BCUT2D eigenvalue weighted by Crippen LogP contribution is -2.53. The highest BCUT2D eigenvalue weighted by Crippen LogP contribution is 2.17. The summed E-state index contributed by atoms with van der Waals surface area (Å²) in [5, 5.41) is 10.1. The second-order valence-electron chi connectivity index (χ2n) is 3.46. The van der Waals surface area contributed by atoms with Gasteiger partial charge in [0.1, 0.15) is 0 Å². The Morgan fingerprint density at radius 2 is 2.07 bits per heavy atom. The third-order valence-corrected chi connectivity index (χ3v) is 2.04. The molecule has 0 fully saturated rings. The van der Waals surface area contributed by atoms with Crippen LogP contribution in [0, 0.1) is 0 Å². The number of hydrazine groups is 2. The molecule has 0 bridgehead atoms. The molecule has 5 heteroatoms. The van der Waals surface area contributed by atoms with Gasteiger partial charge >= 0.3 is 0 Å². The van der Waals surface area contributed by atoms with Crippen molar-refractivity contribution in [1.82, 2.24) is 21.7 Å². The molecule has 0 saturated heterocycles. The third kappa shape index (κ3) is 4.01. The van der Waals surface area contributed by atoms with Gasteiger partial charge in [-0.25, -0.2) is 10.9 Å². The molecule has 86 valence electrons. The fourth-order valence-electron chi connectivity index (χ4n) is 1.35. The molecular weight excluding hydrogens is 192 g/mol. The number of aliphatic hydroxyl groups is 1. The Hall–Kier alpha value is -0.880. The van der Waals surface area contributed by atoms with Gasteiger partial charge in [0.15, 0.2) is 5.72 Å². The molecule has 5 N–H and O–H groups in total. The molecule has 1 aliphatic rings. The van der Waals surface area contributed by atoms with E-state index in [-0.39, 0.29) is 0 Å². The van der Waals surface area contributed by atoms with Gasteiger partial charge in [0.05, 0.1) is 0 Å². The first-order chi connectivity index (χ1) is 7.20. The highest BCUT2D eigenvalue weighted by molar-refractivity contribution is 5.22. The minimum Gasteiger partial charge on any atom is -0.371 e. The Morgan fingerprint density at radius 3 is 2.73 bits per heavy atom. The first-order valence-corrected chi connectivity index (χ1v) is 5.30. The van der Waals surface area contributed by atoms with Crippen LogP contribution in [0.5, 0.6) is 0 Å². The van der Waals surface area contributed by atoms with E-state index >= 15 is 0 Å². The van der Waals surface area contributed by atoms with Crippen LogP contribution < -0.4 is 21.7 Å². The van der Waals surface area contributed by atoms with Crippen molar-refractivity contribution in [1.29, 1.82) is 0 Å². The topological polar surface area (TPSA) is 68.3 Å². The van der Waals surface area contributed by atoms with Gasteiger partial charge in [-0.05, 0) is 12.2 Å². The zero-order valence-electron chi connectivity index (χ0n) is 9.30. The van der Waals surface area contributed by atoms with Crippen LogP contribution in [0.25, 0.3) is 0 Å². The molecule has 0 aromatic carbocycles. The van der Waals surface area contributed by atoms with Gasteiger partial charge in [-0.1, -0.05) is 19.9 Å². The van der Waals surface area contributed by atoms with Gasteiger partial charge < -0.3 is 10.5 Å². The van der Waals surface area contributed by atoms with E-state index in [1.807, 2.05) is 26.0 Å². The van der Waals surface area contributed by atoms with Crippen molar-refractivity contribution < 1.29 is 5.11 Å². The van der Waals surface area contributed by atoms with Gasteiger partial charge in [-0.2, -0.15) is 0 Å². The number of rotatable bonds is 6. The van der Waals surface area contributed by atoms with Crippen molar-refractivity contribution in [2.24, 2.45) is 0 Å². The molecule has 1 aliphatic carbocycles. The Bertz CT molecular complexity index is 252. The zero-order valence-corrected chi connectivity index (χ0v) is 9.30. The van der Waals surface area contributed by atoms with Gasteiger partial charge in [0.2, 0.25) is 0 Å². The number of hydrogen-bond acceptors (Lipinski definition) is 5. The molecule has 0 radical (unpaired) electrons. The predicted octanol–water partition coefficient (Wildman–Crippen LogP) is -0.253. The Morgan fingerprint density at radius 1 is 1.33 bits per heavy atom. The molecule has 0 saturated carbocycles. The number of allylic oxidation sites excluding steroid dienone is 2. The SMILES string of the molecule is CCNNC1=CC=CC(O)(NNCC)C1. The molecular formula is C10H20N4O. The van der Waals surface area contributed by atoms with E-state index in [9.17, 15) is 5.11 Å². The standard InChI is InChI=1S/C10H20N4O/c1-3-11-13-9-6-5-7-10(15,8-9)14-12-4-2/h5-7,11-15H,3-4,8H2,1-2H3. The Balaban J connectivity index is 2.45. The molecule has 0 amide bonds. The summed E-state index contributed by atoms with van der Waals surface area (Å²) in [6, 6.07) is 0. The zero-order chi connectivity index (χ0) is 11.1. The van der Waals surface area contributed by atoms with E-state index in [4.69, 9.17) is 0 Å². The molecule has 0 aromatic heterocycles. The normalized spacial score (nSPS) is 25.1. The maximum atomic E-state index is 10.1. The highest BCUT2D eigenvalue weighted by atomic mass is 16.3. The van der Waals surface area contributed by atoms with E-state index in [2.05, 4.69) is 21.7 Å². The summed E-state index contributed by atoms with van der Waals surface area (Å²) >= 11 is 0. The molecule has 0 aromatic rings. The molecule has 0 aliphatic heterocycles. The van der Waals surface area contributed by atoms with E-state index in [0.717, 1.165) is 18.8 Å². The average molecular weight is 212 g/mol. The van der Waals surface area contributed by atoms with Crippen molar-refractivity contribution in [3.05, 3.63) is 23.9 Å². The second-order valence-corrected chi connectivity index (χ2v) is 3.46. The van der Waals surface area contributed by atoms with Crippen molar-refractivity contribution in [2.45, 2.75) is 26.0 Å². The predicted molar refractivity (Wildman–Crippen MR) is 60.4 cm³/mol. The van der Waals surface area contributed by atoms with Crippen LogP contribution in [0.4, 0.5) is 0 Å². The van der Waals surface area contributed by atoms with Crippen LogP contribution >= 0.6 is 0 Å². The van der Waals surface area contributed by atoms with Crippen molar-refractivity contribution in [2.75, 3.05) is 13.1 Å². The minimum atomic E-state index is -1.01. The monoisotopic (exact) mass is 212 g/mol. The van der Waals surface area contributed by atoms with E-state index in [1.54, 1.807) is 6.08 Å². The van der Waals surface area contributed by atoms with Crippen LogP contribution in [0.3, 0.4) is 0 Å². The van der Waals surface area contributed by atoms with Gasteiger partial charge in [-0.3, -0.25) is 5.43 Å². The summed E-state index contributed by atoms with van der Waals surface area (Å²) in [4.78, 5) is 0. The molecule has 1 unspecified atom stereocenters. The van der Waals surface area contributed by atoms with Gasteiger partial charge in [-0.15, -0.1) is 0 Å². The average Bonchev–Trinajstić information content (AvgIpc) is 2.24. The maximum absolute atomic E-state index is 10.1. The molecule has 1 atom stereocenters. The molecule has 0 spiro atoms. The van der Waals surface area contributed by atoms with Crippen molar-refractivity contribution >= 4 is 0 Å². The molecule has 15 heavy (non-hydrogen) atoms. The summed E-state index contributed by atoms with van der Waals surface area (Å²) in [7, 11) is 0. The number of hydrogen-bond donors (Lipinski definition) is 5. The lowest BCUT2D eigenvalue weighted by molar-refractivity contribution is 0.0363. The lowest BCUT2D eigenvalue weighted by atomic mass is 10.0. The smallest absolute Gasteiger partial charge is 0.153 e. The van der Waals surface area contributed by atoms with E-state index in [1.165, 1.54) is 0 Å². The van der Waals surface area contributed by atoms with Crippen LogP contribution in [-0.4, -0.2) is 23.9 Å². The first-order valence-electron chi connectivity index (χ1n) is 5.30. The van der Waals surface area contributed by atoms with E-state index < -0.39 is 5.72 Å². The van der Waals surface area contributed by atoms with Crippen LogP contribution in [0.15, 0.2) is 23.9 Å². The summed E-state index contributed by atoms with van der Waals surface area (Å²) in [5.74, 6) is 0. The van der Waals surface area contributed by atoms with E-state index in [0.29, 0.717) is 6.42 Å². The maximum Gasteiger partial charge on any atom is 0.153 e. The first kappa shape index (κ1) is 12.2. The summed E-state index contributed by atoms with van der Waals surface area (Å²) in [6.45, 7) is 5.57. The van der Waals surface area contributed by atoms with Gasteiger partial charge in [0, 0.05) is 25.2 Å². The Kier molecular flexibility index (Phi) is 4.77. The Labute approximate surface area is 90.6 Å². The largest absolute Gasteiger partial charge is 0.371 e. The minimum absolute atomic E-state index is 0.503. The quantitative estimate of drug-likeness (QED) is 0.310. The number of nitrogens with one attached hydrogen (secondary N) is 4. The molecule has 5 nitrogen and oxygen atoms in total. The van der Waals surface area contributed by atoms with Crippen LogP contribution in [0.1, 0.15) is 20.3 Å². The van der Waals surface area contributed by atoms with Crippen molar-refractivity contribution in [3.63, 3.8) is 0 Å². The summed E-state index contributed by atoms with van der Waals surface area (Å²) in [5.41, 5.74) is 11.7. The summed E-state index contributed by atoms with van der Waals surface area (Å²) < 4.78 is 0. The van der Waals surface area contributed by atoms with Gasteiger partial charge in [0.25, 0.3) is 0 Å². The van der Waals surface area contributed by atoms with Crippen LogP contribution in [0.2, 0.25) is 0 Å². The summed E-state index contributed by atoms with van der Waals surface area (Å²) in [6.07, 6.45) is 5.99. The second kappa shape index (κ2) is 5.87.